The molecule has 2 aromatic rings. The van der Waals surface area contributed by atoms with Crippen LogP contribution in [0.5, 0.6) is 0 Å². The van der Waals surface area contributed by atoms with Gasteiger partial charge < -0.3 is 20.4 Å². The highest BCUT2D eigenvalue weighted by Crippen LogP contribution is 2.24. The maximum Gasteiger partial charge on any atom is 0.244 e. The average molecular weight is 394 g/mol. The van der Waals surface area contributed by atoms with Crippen LogP contribution in [0.1, 0.15) is 26.7 Å². The molecule has 1 fully saturated rings. The van der Waals surface area contributed by atoms with E-state index in [2.05, 4.69) is 15.5 Å². The van der Waals surface area contributed by atoms with Crippen molar-refractivity contribution in [2.24, 2.45) is 0 Å². The minimum Gasteiger partial charge on any atom is -0.372 e. The lowest BCUT2D eigenvalue weighted by molar-refractivity contribution is -0.120. The summed E-state index contributed by atoms with van der Waals surface area (Å²) in [6.07, 6.45) is 2.40. The van der Waals surface area contributed by atoms with Crippen molar-refractivity contribution < 1.29 is 14.4 Å². The molecular formula is C22H26N4O3. The first-order valence-electron chi connectivity index (χ1n) is 9.73. The van der Waals surface area contributed by atoms with Crippen LogP contribution in [0.3, 0.4) is 0 Å². The number of carbonyl (C=O) groups excluding carboxylic acids is 3. The van der Waals surface area contributed by atoms with Gasteiger partial charge in [-0.05, 0) is 55.3 Å². The number of anilines is 4. The van der Waals surface area contributed by atoms with Crippen molar-refractivity contribution in [3.05, 3.63) is 48.5 Å². The topological polar surface area (TPSA) is 81.8 Å². The Morgan fingerprint density at radius 2 is 1.55 bits per heavy atom. The highest BCUT2D eigenvalue weighted by atomic mass is 16.2. The molecule has 29 heavy (non-hydrogen) atoms. The van der Waals surface area contributed by atoms with E-state index in [1.807, 2.05) is 24.3 Å². The number of nitrogens with zero attached hydrogens (tertiary/aromatic N) is 2. The van der Waals surface area contributed by atoms with Crippen molar-refractivity contribution in [1.82, 2.24) is 0 Å². The molecule has 3 rings (SSSR count). The van der Waals surface area contributed by atoms with E-state index in [9.17, 15) is 14.4 Å². The first-order valence-corrected chi connectivity index (χ1v) is 9.73. The molecular weight excluding hydrogens is 368 g/mol. The summed E-state index contributed by atoms with van der Waals surface area (Å²) in [6.45, 7) is 4.87. The van der Waals surface area contributed by atoms with E-state index in [4.69, 9.17) is 0 Å². The van der Waals surface area contributed by atoms with Gasteiger partial charge in [0, 0.05) is 49.7 Å². The molecule has 0 radical (unpaired) electrons. The van der Waals surface area contributed by atoms with Crippen LogP contribution < -0.4 is 20.4 Å². The molecule has 0 spiro atoms. The highest BCUT2D eigenvalue weighted by molar-refractivity contribution is 6.02. The molecule has 7 heteroatoms. The van der Waals surface area contributed by atoms with Crippen LogP contribution in [-0.4, -0.2) is 37.4 Å². The third kappa shape index (κ3) is 5.57. The summed E-state index contributed by atoms with van der Waals surface area (Å²) in [6, 6.07) is 14.6. The van der Waals surface area contributed by atoms with E-state index >= 15 is 0 Å². The van der Waals surface area contributed by atoms with E-state index in [-0.39, 0.29) is 24.3 Å². The van der Waals surface area contributed by atoms with Gasteiger partial charge in [0.25, 0.3) is 0 Å². The second-order valence-corrected chi connectivity index (χ2v) is 7.13. The standard InChI is InChI=1S/C22H26N4O3/c1-16(27)23-18-6-5-7-19(14-18)24-22(29)15-26(17(2)28)21-10-8-20(9-11-21)25-12-3-4-13-25/h5-11,14H,3-4,12-13,15H2,1-2H3,(H,23,27)(H,24,29). The molecule has 152 valence electrons. The van der Waals surface area contributed by atoms with Gasteiger partial charge in [-0.25, -0.2) is 0 Å². The van der Waals surface area contributed by atoms with Crippen LogP contribution in [0.4, 0.5) is 22.7 Å². The van der Waals surface area contributed by atoms with Crippen molar-refractivity contribution in [2.75, 3.05) is 40.1 Å². The Morgan fingerprint density at radius 1 is 0.931 bits per heavy atom. The number of nitrogens with one attached hydrogen (secondary N) is 2. The fourth-order valence-corrected chi connectivity index (χ4v) is 3.43. The summed E-state index contributed by atoms with van der Waals surface area (Å²) in [7, 11) is 0. The maximum atomic E-state index is 12.5. The molecule has 1 saturated heterocycles. The smallest absolute Gasteiger partial charge is 0.244 e. The van der Waals surface area contributed by atoms with Crippen LogP contribution in [0, 0.1) is 0 Å². The van der Waals surface area contributed by atoms with Gasteiger partial charge in [0.05, 0.1) is 0 Å². The van der Waals surface area contributed by atoms with Crippen LogP contribution >= 0.6 is 0 Å². The summed E-state index contributed by atoms with van der Waals surface area (Å²) >= 11 is 0. The number of benzene rings is 2. The Labute approximate surface area is 170 Å². The van der Waals surface area contributed by atoms with E-state index in [0.717, 1.165) is 18.8 Å². The molecule has 1 heterocycles. The number of hydrogen-bond donors (Lipinski definition) is 2. The third-order valence-corrected chi connectivity index (χ3v) is 4.78. The van der Waals surface area contributed by atoms with E-state index in [0.29, 0.717) is 17.1 Å². The van der Waals surface area contributed by atoms with Gasteiger partial charge in [0.2, 0.25) is 17.7 Å². The Balaban J connectivity index is 1.66. The Hall–Kier alpha value is -3.35. The zero-order chi connectivity index (χ0) is 20.8. The van der Waals surface area contributed by atoms with Crippen molar-refractivity contribution >= 4 is 40.5 Å². The molecule has 0 saturated carbocycles. The Kier molecular flexibility index (Phi) is 6.49. The molecule has 0 aromatic heterocycles. The van der Waals surface area contributed by atoms with Crippen LogP contribution in [0.15, 0.2) is 48.5 Å². The average Bonchev–Trinajstić information content (AvgIpc) is 3.20. The predicted molar refractivity (Wildman–Crippen MR) is 115 cm³/mol. The molecule has 1 aliphatic rings. The summed E-state index contributed by atoms with van der Waals surface area (Å²) in [4.78, 5) is 39.6. The largest absolute Gasteiger partial charge is 0.372 e. The first-order chi connectivity index (χ1) is 13.9. The predicted octanol–water partition coefficient (Wildman–Crippen LogP) is 3.24. The van der Waals surface area contributed by atoms with E-state index < -0.39 is 0 Å². The van der Waals surface area contributed by atoms with E-state index in [1.165, 1.54) is 31.6 Å². The highest BCUT2D eigenvalue weighted by Gasteiger charge is 2.17. The second kappa shape index (κ2) is 9.23. The van der Waals surface area contributed by atoms with Gasteiger partial charge in [-0.1, -0.05) is 6.07 Å². The molecule has 0 unspecified atom stereocenters. The summed E-state index contributed by atoms with van der Waals surface area (Å²) in [5.74, 6) is -0.710. The Bertz CT molecular complexity index is 889. The third-order valence-electron chi connectivity index (χ3n) is 4.78. The van der Waals surface area contributed by atoms with E-state index in [1.54, 1.807) is 24.3 Å². The molecule has 2 N–H and O–H groups in total. The quantitative estimate of drug-likeness (QED) is 0.788. The zero-order valence-electron chi connectivity index (χ0n) is 16.8. The maximum absolute atomic E-state index is 12.5. The number of rotatable bonds is 6. The summed E-state index contributed by atoms with van der Waals surface area (Å²) in [5, 5.41) is 5.45. The number of hydrogen-bond acceptors (Lipinski definition) is 4. The van der Waals surface area contributed by atoms with Gasteiger partial charge in [0.1, 0.15) is 6.54 Å². The van der Waals surface area contributed by atoms with Crippen molar-refractivity contribution in [1.29, 1.82) is 0 Å². The van der Waals surface area contributed by atoms with Crippen LogP contribution in [0.2, 0.25) is 0 Å². The van der Waals surface area contributed by atoms with Crippen LogP contribution in [-0.2, 0) is 14.4 Å². The summed E-state index contributed by atoms with van der Waals surface area (Å²) in [5.41, 5.74) is 2.96. The monoisotopic (exact) mass is 394 g/mol. The zero-order valence-corrected chi connectivity index (χ0v) is 16.8. The molecule has 1 aliphatic heterocycles. The molecule has 2 aromatic carbocycles. The fraction of sp³-hybridized carbons (Fsp3) is 0.318. The molecule has 0 aliphatic carbocycles. The van der Waals surface area contributed by atoms with Crippen molar-refractivity contribution in [3.8, 4) is 0 Å². The summed E-state index contributed by atoms with van der Waals surface area (Å²) < 4.78 is 0. The van der Waals surface area contributed by atoms with Crippen molar-refractivity contribution in [3.63, 3.8) is 0 Å². The van der Waals surface area contributed by atoms with Gasteiger partial charge >= 0.3 is 0 Å². The number of amides is 3. The van der Waals surface area contributed by atoms with Gasteiger partial charge in [0.15, 0.2) is 0 Å². The molecule has 7 nitrogen and oxygen atoms in total. The number of carbonyl (C=O) groups is 3. The lowest BCUT2D eigenvalue weighted by Crippen LogP contribution is -2.36. The lowest BCUT2D eigenvalue weighted by atomic mass is 10.2. The van der Waals surface area contributed by atoms with Gasteiger partial charge in [-0.15, -0.1) is 0 Å². The minimum absolute atomic E-state index is 0.0945. The van der Waals surface area contributed by atoms with Gasteiger partial charge in [-0.2, -0.15) is 0 Å². The minimum atomic E-state index is -0.316. The Morgan fingerprint density at radius 3 is 2.14 bits per heavy atom. The normalized spacial score (nSPS) is 13.1. The van der Waals surface area contributed by atoms with Gasteiger partial charge in [-0.3, -0.25) is 14.4 Å². The molecule has 0 bridgehead atoms. The lowest BCUT2D eigenvalue weighted by Gasteiger charge is -2.23. The first kappa shape index (κ1) is 20.4. The van der Waals surface area contributed by atoms with Crippen LogP contribution in [0.25, 0.3) is 0 Å². The molecule has 0 atom stereocenters. The fourth-order valence-electron chi connectivity index (χ4n) is 3.43. The second-order valence-electron chi connectivity index (χ2n) is 7.13. The SMILES string of the molecule is CC(=O)Nc1cccc(NC(=O)CN(C(C)=O)c2ccc(N3CCCC3)cc2)c1. The van der Waals surface area contributed by atoms with Crippen molar-refractivity contribution in [2.45, 2.75) is 26.7 Å². The molecule has 3 amide bonds.